The zero-order valence-corrected chi connectivity index (χ0v) is 13.6. The second-order valence-electron chi connectivity index (χ2n) is 6.08. The van der Waals surface area contributed by atoms with Crippen molar-refractivity contribution in [3.8, 4) is 0 Å². The van der Waals surface area contributed by atoms with Crippen molar-refractivity contribution >= 4 is 11.9 Å². The normalized spacial score (nSPS) is 19.7. The maximum atomic E-state index is 13.0. The van der Waals surface area contributed by atoms with Crippen LogP contribution in [0.4, 0.5) is 19.1 Å². The molecule has 3 rings (SSSR count). The molecule has 2 aromatic rings. The van der Waals surface area contributed by atoms with Crippen LogP contribution in [0.3, 0.4) is 0 Å². The lowest BCUT2D eigenvalue weighted by atomic mass is 9.78. The number of aromatic amines is 1. The van der Waals surface area contributed by atoms with Crippen LogP contribution in [0.15, 0.2) is 17.1 Å². The average molecular weight is 368 g/mol. The number of H-pyrrole nitrogens is 1. The fourth-order valence-corrected chi connectivity index (χ4v) is 2.83. The number of aromatic nitrogens is 4. The van der Waals surface area contributed by atoms with Crippen molar-refractivity contribution in [2.75, 3.05) is 5.73 Å². The highest BCUT2D eigenvalue weighted by Crippen LogP contribution is 2.36. The molecule has 4 N–H and O–H groups in total. The molecule has 2 aromatic heterocycles. The lowest BCUT2D eigenvalue weighted by Crippen LogP contribution is -2.44. The van der Waals surface area contributed by atoms with Gasteiger partial charge in [-0.25, -0.2) is 15.0 Å². The first-order chi connectivity index (χ1) is 12.1. The fourth-order valence-electron chi connectivity index (χ4n) is 2.83. The summed E-state index contributed by atoms with van der Waals surface area (Å²) < 4.78 is 39.0. The number of hydrogen-bond donors (Lipinski definition) is 3. The molecular weight excluding hydrogens is 353 g/mol. The number of nitrogens with two attached hydrogens (primary N) is 1. The second kappa shape index (κ2) is 6.39. The molecule has 1 aliphatic rings. The Kier molecular flexibility index (Phi) is 4.38. The van der Waals surface area contributed by atoms with Gasteiger partial charge in [-0.2, -0.15) is 13.2 Å². The van der Waals surface area contributed by atoms with Gasteiger partial charge >= 0.3 is 6.18 Å². The van der Waals surface area contributed by atoms with E-state index in [2.05, 4.69) is 25.3 Å². The van der Waals surface area contributed by atoms with Crippen molar-refractivity contribution in [2.24, 2.45) is 0 Å². The third-order valence-corrected chi connectivity index (χ3v) is 4.09. The van der Waals surface area contributed by atoms with E-state index in [1.807, 2.05) is 0 Å². The van der Waals surface area contributed by atoms with Crippen LogP contribution in [0, 0.1) is 6.92 Å². The molecule has 0 bridgehead atoms. The van der Waals surface area contributed by atoms with Gasteiger partial charge in [0.1, 0.15) is 5.82 Å². The molecular formula is C15H15F3N6O2. The van der Waals surface area contributed by atoms with Crippen LogP contribution in [0.25, 0.3) is 0 Å². The Morgan fingerprint density at radius 2 is 2.04 bits per heavy atom. The molecule has 0 aromatic carbocycles. The number of alkyl halides is 3. The number of halogens is 3. The third kappa shape index (κ3) is 3.65. The number of aryl methyl sites for hydroxylation is 1. The van der Waals surface area contributed by atoms with Crippen LogP contribution in [-0.2, 0) is 6.18 Å². The monoisotopic (exact) mass is 368 g/mol. The number of rotatable bonds is 3. The Labute approximate surface area is 145 Å². The molecule has 1 fully saturated rings. The minimum atomic E-state index is -4.82. The summed E-state index contributed by atoms with van der Waals surface area (Å²) in [5.74, 6) is -1.04. The van der Waals surface area contributed by atoms with Crippen LogP contribution in [0.5, 0.6) is 0 Å². The predicted octanol–water partition coefficient (Wildman–Crippen LogP) is 1.15. The largest absolute Gasteiger partial charge is 0.434 e. The van der Waals surface area contributed by atoms with Crippen LogP contribution >= 0.6 is 0 Å². The quantitative estimate of drug-likeness (QED) is 0.746. The minimum absolute atomic E-state index is 0.0361. The molecule has 1 amide bonds. The van der Waals surface area contributed by atoms with E-state index in [0.29, 0.717) is 24.4 Å². The van der Waals surface area contributed by atoms with Crippen molar-refractivity contribution in [3.63, 3.8) is 0 Å². The standard InChI is InChI=1S/C15H15F3N6O2/c1-6-21-10(4-11(25)22-6)7-2-8(3-7)23-13(26)9-5-20-14(19)24-12(9)15(16,17)18/h4-5,7-8H,2-3H2,1H3,(H,23,26)(H2,19,20,24)(H,21,22,25). The number of amides is 1. The zero-order chi connectivity index (χ0) is 19.1. The summed E-state index contributed by atoms with van der Waals surface area (Å²) in [6, 6.07) is 1.05. The fraction of sp³-hybridized carbons (Fsp3) is 0.400. The van der Waals surface area contributed by atoms with Crippen molar-refractivity contribution < 1.29 is 18.0 Å². The lowest BCUT2D eigenvalue weighted by molar-refractivity contribution is -0.141. The Morgan fingerprint density at radius 3 is 2.65 bits per heavy atom. The number of nitrogens with zero attached hydrogens (tertiary/aromatic N) is 3. The van der Waals surface area contributed by atoms with Crippen molar-refractivity contribution in [3.05, 3.63) is 45.4 Å². The van der Waals surface area contributed by atoms with Crippen LogP contribution in [-0.4, -0.2) is 31.9 Å². The summed E-state index contributed by atoms with van der Waals surface area (Å²) in [5, 5.41) is 2.52. The first-order valence-electron chi connectivity index (χ1n) is 7.72. The molecule has 0 aliphatic heterocycles. The van der Waals surface area contributed by atoms with E-state index < -0.39 is 29.3 Å². The van der Waals surface area contributed by atoms with E-state index in [9.17, 15) is 22.8 Å². The van der Waals surface area contributed by atoms with Crippen LogP contribution < -0.4 is 16.6 Å². The lowest BCUT2D eigenvalue weighted by Gasteiger charge is -2.35. The van der Waals surface area contributed by atoms with Crippen molar-refractivity contribution in [1.29, 1.82) is 0 Å². The van der Waals surface area contributed by atoms with Gasteiger partial charge in [0.25, 0.3) is 11.5 Å². The average Bonchev–Trinajstić information content (AvgIpc) is 2.48. The third-order valence-electron chi connectivity index (χ3n) is 4.09. The van der Waals surface area contributed by atoms with E-state index in [-0.39, 0.29) is 17.5 Å². The van der Waals surface area contributed by atoms with Gasteiger partial charge in [0, 0.05) is 24.2 Å². The van der Waals surface area contributed by atoms with Gasteiger partial charge in [-0.05, 0) is 19.8 Å². The number of carbonyl (C=O) groups excluding carboxylic acids is 1. The minimum Gasteiger partial charge on any atom is -0.368 e. The molecule has 1 aliphatic carbocycles. The highest BCUT2D eigenvalue weighted by Gasteiger charge is 2.39. The van der Waals surface area contributed by atoms with Gasteiger partial charge in [0.2, 0.25) is 5.95 Å². The van der Waals surface area contributed by atoms with E-state index in [1.54, 1.807) is 6.92 Å². The summed E-state index contributed by atoms with van der Waals surface area (Å²) in [7, 11) is 0. The SMILES string of the molecule is Cc1nc(C2CC(NC(=O)c3cnc(N)nc3C(F)(F)F)C2)cc(=O)[nH]1. The highest BCUT2D eigenvalue weighted by molar-refractivity contribution is 5.95. The van der Waals surface area contributed by atoms with E-state index in [1.165, 1.54) is 6.07 Å². The molecule has 2 heterocycles. The molecule has 0 radical (unpaired) electrons. The van der Waals surface area contributed by atoms with E-state index >= 15 is 0 Å². The molecule has 0 spiro atoms. The number of carbonyl (C=O) groups is 1. The molecule has 0 unspecified atom stereocenters. The maximum absolute atomic E-state index is 13.0. The van der Waals surface area contributed by atoms with Crippen molar-refractivity contribution in [2.45, 2.75) is 37.9 Å². The summed E-state index contributed by atoms with van der Waals surface area (Å²) in [5.41, 5.74) is 3.46. The molecule has 26 heavy (non-hydrogen) atoms. The number of anilines is 1. The highest BCUT2D eigenvalue weighted by atomic mass is 19.4. The first kappa shape index (κ1) is 17.8. The first-order valence-corrected chi connectivity index (χ1v) is 7.72. The smallest absolute Gasteiger partial charge is 0.368 e. The van der Waals surface area contributed by atoms with E-state index in [0.717, 1.165) is 6.20 Å². The molecule has 0 atom stereocenters. The van der Waals surface area contributed by atoms with Gasteiger partial charge in [-0.1, -0.05) is 0 Å². The Morgan fingerprint density at radius 1 is 1.35 bits per heavy atom. The Hall–Kier alpha value is -2.98. The number of nitrogens with one attached hydrogen (secondary N) is 2. The second-order valence-corrected chi connectivity index (χ2v) is 6.08. The topological polar surface area (TPSA) is 127 Å². The zero-order valence-electron chi connectivity index (χ0n) is 13.6. The molecule has 11 heteroatoms. The van der Waals surface area contributed by atoms with Crippen LogP contribution in [0.1, 0.15) is 46.3 Å². The molecule has 8 nitrogen and oxygen atoms in total. The Bertz CT molecular complexity index is 905. The Balaban J connectivity index is 1.69. The summed E-state index contributed by atoms with van der Waals surface area (Å²) in [6.07, 6.45) is -3.12. The summed E-state index contributed by atoms with van der Waals surface area (Å²) in [6.45, 7) is 1.66. The maximum Gasteiger partial charge on any atom is 0.434 e. The van der Waals surface area contributed by atoms with Gasteiger partial charge in [-0.15, -0.1) is 0 Å². The summed E-state index contributed by atoms with van der Waals surface area (Å²) >= 11 is 0. The van der Waals surface area contributed by atoms with Gasteiger partial charge in [0.05, 0.1) is 11.3 Å². The van der Waals surface area contributed by atoms with Gasteiger partial charge < -0.3 is 16.0 Å². The number of nitrogen functional groups attached to an aromatic ring is 1. The van der Waals surface area contributed by atoms with Crippen LogP contribution in [0.2, 0.25) is 0 Å². The molecule has 1 saturated carbocycles. The van der Waals surface area contributed by atoms with Gasteiger partial charge in [-0.3, -0.25) is 9.59 Å². The molecule has 138 valence electrons. The summed E-state index contributed by atoms with van der Waals surface area (Å²) in [4.78, 5) is 37.0. The van der Waals surface area contributed by atoms with Crippen molar-refractivity contribution in [1.82, 2.24) is 25.3 Å². The van der Waals surface area contributed by atoms with E-state index in [4.69, 9.17) is 5.73 Å². The van der Waals surface area contributed by atoms with Gasteiger partial charge in [0.15, 0.2) is 5.69 Å². The number of hydrogen-bond acceptors (Lipinski definition) is 6. The molecule has 0 saturated heterocycles. The predicted molar refractivity (Wildman–Crippen MR) is 84.3 cm³/mol.